The molecule has 0 unspecified atom stereocenters. The van der Waals surface area contributed by atoms with Crippen molar-refractivity contribution in [1.29, 1.82) is 0 Å². The molecule has 1 fully saturated rings. The molecule has 0 N–H and O–H groups in total. The third-order valence-corrected chi connectivity index (χ3v) is 5.42. The third-order valence-electron chi connectivity index (χ3n) is 5.17. The Morgan fingerprint density at radius 3 is 2.50 bits per heavy atom. The van der Waals surface area contributed by atoms with Gasteiger partial charge in [-0.25, -0.2) is 0 Å². The second-order valence-corrected chi connectivity index (χ2v) is 7.07. The van der Waals surface area contributed by atoms with E-state index in [1.54, 1.807) is 0 Å². The number of hydrogen-bond donors (Lipinski definition) is 0. The molecular weight excluding hydrogens is 313 g/mol. The van der Waals surface area contributed by atoms with Crippen LogP contribution < -0.4 is 18.9 Å². The Balaban J connectivity index is 0.00000169. The maximum Gasteiger partial charge on any atom is 1.00 e. The zero-order valence-electron chi connectivity index (χ0n) is 14.0. The van der Waals surface area contributed by atoms with Gasteiger partial charge in [-0.05, 0) is 42.5 Å². The van der Waals surface area contributed by atoms with Crippen LogP contribution in [0.2, 0.25) is 5.02 Å². The molecular formula is C20H19ClLiNO. The fraction of sp³-hybridized carbons (Fsp3) is 0.350. The van der Waals surface area contributed by atoms with E-state index in [2.05, 4.69) is 23.5 Å². The van der Waals surface area contributed by atoms with Crippen molar-refractivity contribution in [2.45, 2.75) is 43.6 Å². The van der Waals surface area contributed by atoms with E-state index < -0.39 is 5.41 Å². The van der Waals surface area contributed by atoms with Gasteiger partial charge in [-0.1, -0.05) is 72.4 Å². The Kier molecular flexibility index (Phi) is 5.11. The van der Waals surface area contributed by atoms with Gasteiger partial charge in [-0.3, -0.25) is 0 Å². The summed E-state index contributed by atoms with van der Waals surface area (Å²) < 4.78 is 0. The Morgan fingerprint density at radius 2 is 1.79 bits per heavy atom. The first-order valence-corrected chi connectivity index (χ1v) is 8.66. The second kappa shape index (κ2) is 6.96. The minimum Gasteiger partial charge on any atom is -0.646 e. The second-order valence-electron chi connectivity index (χ2n) is 6.63. The van der Waals surface area contributed by atoms with Crippen LogP contribution in [0.15, 0.2) is 48.5 Å². The van der Waals surface area contributed by atoms with Crippen LogP contribution in [0.3, 0.4) is 0 Å². The van der Waals surface area contributed by atoms with E-state index in [0.717, 1.165) is 37.7 Å². The van der Waals surface area contributed by atoms with Gasteiger partial charge >= 0.3 is 18.9 Å². The summed E-state index contributed by atoms with van der Waals surface area (Å²) >= 11 is 5.97. The molecule has 0 spiro atoms. The Morgan fingerprint density at radius 1 is 1.08 bits per heavy atom. The number of hydrogen-bond acceptors (Lipinski definition) is 1. The van der Waals surface area contributed by atoms with Crippen LogP contribution in [0, 0.1) is 0 Å². The number of carbonyl (C=O) groups excluding carboxylic acids is 1. The van der Waals surface area contributed by atoms with Gasteiger partial charge in [0.15, 0.2) is 0 Å². The van der Waals surface area contributed by atoms with Gasteiger partial charge in [0.25, 0.3) is 0 Å². The topological polar surface area (TPSA) is 31.2 Å². The average molecular weight is 332 g/mol. The quantitative estimate of drug-likeness (QED) is 0.794. The third kappa shape index (κ3) is 3.16. The first-order valence-electron chi connectivity index (χ1n) is 8.28. The van der Waals surface area contributed by atoms with E-state index in [1.165, 1.54) is 11.1 Å². The van der Waals surface area contributed by atoms with Crippen LogP contribution in [-0.2, 0) is 16.6 Å². The predicted molar refractivity (Wildman–Crippen MR) is 92.9 cm³/mol. The van der Waals surface area contributed by atoms with Gasteiger partial charge in [0.2, 0.25) is 0 Å². The first kappa shape index (κ1) is 17.6. The number of amides is 1. The molecule has 2 aromatic carbocycles. The maximum atomic E-state index is 12.9. The Bertz CT molecular complexity index is 740. The van der Waals surface area contributed by atoms with E-state index >= 15 is 0 Å². The molecule has 2 aliphatic carbocycles. The van der Waals surface area contributed by atoms with Crippen molar-refractivity contribution in [2.75, 3.05) is 0 Å². The average Bonchev–Trinajstić information content (AvgIpc) is 3.38. The minimum absolute atomic E-state index is 0. The normalized spacial score (nSPS) is 20.5. The first-order chi connectivity index (χ1) is 11.2. The molecule has 4 rings (SSSR count). The van der Waals surface area contributed by atoms with Gasteiger partial charge in [-0.15, -0.1) is 0 Å². The molecule has 1 saturated carbocycles. The molecule has 1 atom stereocenters. The van der Waals surface area contributed by atoms with Crippen molar-refractivity contribution in [3.8, 4) is 0 Å². The zero-order valence-corrected chi connectivity index (χ0v) is 14.7. The maximum absolute atomic E-state index is 12.9. The van der Waals surface area contributed by atoms with E-state index in [-0.39, 0.29) is 30.8 Å². The summed E-state index contributed by atoms with van der Waals surface area (Å²) in [4.78, 5) is 12.9. The minimum atomic E-state index is -0.392. The van der Waals surface area contributed by atoms with Gasteiger partial charge in [0.05, 0.1) is 5.91 Å². The fourth-order valence-corrected chi connectivity index (χ4v) is 3.77. The van der Waals surface area contributed by atoms with Crippen molar-refractivity contribution in [1.82, 2.24) is 0 Å². The molecule has 118 valence electrons. The molecule has 2 aliphatic rings. The van der Waals surface area contributed by atoms with Crippen LogP contribution in [0.1, 0.15) is 48.4 Å². The van der Waals surface area contributed by atoms with Crippen LogP contribution in [0.5, 0.6) is 0 Å². The van der Waals surface area contributed by atoms with E-state index in [9.17, 15) is 4.79 Å². The molecule has 0 radical (unpaired) electrons. The number of nitrogens with zero attached hydrogens (tertiary/aromatic N) is 1. The molecule has 0 saturated heterocycles. The molecule has 24 heavy (non-hydrogen) atoms. The molecule has 2 nitrogen and oxygen atoms in total. The molecule has 4 heteroatoms. The summed E-state index contributed by atoms with van der Waals surface area (Å²) in [5.74, 6) is 0.0431. The molecule has 0 heterocycles. The fourth-order valence-electron chi connectivity index (χ4n) is 3.65. The number of benzene rings is 2. The van der Waals surface area contributed by atoms with E-state index in [1.807, 2.05) is 30.3 Å². The molecule has 0 bridgehead atoms. The van der Waals surface area contributed by atoms with Crippen LogP contribution in [0.4, 0.5) is 0 Å². The Labute approximate surface area is 160 Å². The predicted octanol–water partition coefficient (Wildman–Crippen LogP) is 2.35. The Hall–Kier alpha value is -1.20. The molecule has 0 aromatic heterocycles. The molecule has 0 aliphatic heterocycles. The van der Waals surface area contributed by atoms with Crippen LogP contribution >= 0.6 is 11.6 Å². The van der Waals surface area contributed by atoms with Crippen molar-refractivity contribution in [3.05, 3.63) is 75.6 Å². The zero-order chi connectivity index (χ0) is 15.9. The van der Waals surface area contributed by atoms with Crippen molar-refractivity contribution >= 4 is 17.5 Å². The van der Waals surface area contributed by atoms with Gasteiger partial charge in [0, 0.05) is 10.4 Å². The SMILES string of the molecule is O=C([N-][C@@H]1CCCc2ccccc21)C1(c2ccc(Cl)cc2)CC1.[Li+]. The van der Waals surface area contributed by atoms with Gasteiger partial charge < -0.3 is 10.1 Å². The summed E-state index contributed by atoms with van der Waals surface area (Å²) in [6.45, 7) is 0. The van der Waals surface area contributed by atoms with E-state index in [0.29, 0.717) is 5.02 Å². The van der Waals surface area contributed by atoms with Crippen molar-refractivity contribution in [3.63, 3.8) is 0 Å². The number of carbonyl (C=O) groups is 1. The van der Waals surface area contributed by atoms with Crippen LogP contribution in [-0.4, -0.2) is 5.91 Å². The summed E-state index contributed by atoms with van der Waals surface area (Å²) in [5.41, 5.74) is 3.24. The van der Waals surface area contributed by atoms with Crippen LogP contribution in [0.25, 0.3) is 5.32 Å². The van der Waals surface area contributed by atoms with Gasteiger partial charge in [-0.2, -0.15) is 0 Å². The van der Waals surface area contributed by atoms with Gasteiger partial charge in [0.1, 0.15) is 0 Å². The number of aryl methyl sites for hydroxylation is 1. The summed E-state index contributed by atoms with van der Waals surface area (Å²) in [7, 11) is 0. The number of fused-ring (bicyclic) bond motifs is 1. The smallest absolute Gasteiger partial charge is 0.646 e. The van der Waals surface area contributed by atoms with Crippen molar-refractivity contribution < 1.29 is 23.7 Å². The van der Waals surface area contributed by atoms with Crippen molar-refractivity contribution in [2.24, 2.45) is 0 Å². The molecule has 2 aromatic rings. The standard InChI is InChI=1S/C20H20ClNO.Li/c21-16-10-8-15(9-11-16)20(12-13-20)19(23)22-18-7-3-5-14-4-1-2-6-17(14)18;/h1-2,4,6,8-11,18H,3,5,7,12-13H2,(H,22,23);/q;+1/p-1/t18-;/m1./s1. The number of rotatable bonds is 3. The largest absolute Gasteiger partial charge is 1.00 e. The summed E-state index contributed by atoms with van der Waals surface area (Å²) in [6.07, 6.45) is 4.96. The number of halogens is 1. The summed E-state index contributed by atoms with van der Waals surface area (Å²) in [6, 6.07) is 16.1. The van der Waals surface area contributed by atoms with E-state index in [4.69, 9.17) is 11.6 Å². The molecule has 1 amide bonds. The monoisotopic (exact) mass is 331 g/mol. The summed E-state index contributed by atoms with van der Waals surface area (Å²) in [5, 5.41) is 5.34.